The Bertz CT molecular complexity index is 490. The van der Waals surface area contributed by atoms with Crippen molar-refractivity contribution in [1.29, 1.82) is 0 Å². The lowest BCUT2D eigenvalue weighted by molar-refractivity contribution is 0.0842. The summed E-state index contributed by atoms with van der Waals surface area (Å²) < 4.78 is 5.50. The van der Waals surface area contributed by atoms with Crippen LogP contribution in [0.5, 0.6) is 5.75 Å². The van der Waals surface area contributed by atoms with Gasteiger partial charge in [0.2, 0.25) is 0 Å². The van der Waals surface area contributed by atoms with Gasteiger partial charge in [0, 0.05) is 19.6 Å². The first kappa shape index (κ1) is 15.6. The first-order valence-corrected chi connectivity index (χ1v) is 7.53. The van der Waals surface area contributed by atoms with Gasteiger partial charge in [0.25, 0.3) is 0 Å². The van der Waals surface area contributed by atoms with Crippen LogP contribution >= 0.6 is 0 Å². The van der Waals surface area contributed by atoms with Gasteiger partial charge in [0.05, 0.1) is 12.7 Å². The molecule has 1 atom stereocenters. The minimum Gasteiger partial charge on any atom is -0.494 e. The topological polar surface area (TPSA) is 61.8 Å². The fraction of sp³-hybridized carbons (Fsp3) is 0.562. The molecular formula is C16H24N2O3. The minimum absolute atomic E-state index is 0.111. The van der Waals surface area contributed by atoms with Crippen molar-refractivity contribution in [3.05, 3.63) is 29.3 Å². The number of carbonyl (C=O) groups is 1. The van der Waals surface area contributed by atoms with E-state index >= 15 is 0 Å². The van der Waals surface area contributed by atoms with Gasteiger partial charge in [-0.25, -0.2) is 4.79 Å². The molecule has 2 N–H and O–H groups in total. The summed E-state index contributed by atoms with van der Waals surface area (Å²) in [6.07, 6.45) is 1.25. The third-order valence-corrected chi connectivity index (χ3v) is 3.67. The lowest BCUT2D eigenvalue weighted by Gasteiger charge is -2.30. The average Bonchev–Trinajstić information content (AvgIpc) is 2.47. The van der Waals surface area contributed by atoms with E-state index in [-0.39, 0.29) is 6.03 Å². The Labute approximate surface area is 125 Å². The van der Waals surface area contributed by atoms with Crippen LogP contribution in [-0.4, -0.2) is 41.8 Å². The number of rotatable bonds is 4. The van der Waals surface area contributed by atoms with E-state index in [2.05, 4.69) is 5.32 Å². The standard InChI is InChI=1S/C16H24N2O3/c1-3-21-15-7-6-13(9-12(15)2)10-17-16(20)18-8-4-5-14(19)11-18/h6-7,9,14,19H,3-5,8,10-11H2,1-2H3,(H,17,20). The Morgan fingerprint density at radius 3 is 3.00 bits per heavy atom. The SMILES string of the molecule is CCOc1ccc(CNC(=O)N2CCCC(O)C2)cc1C. The second-order valence-electron chi connectivity index (χ2n) is 5.43. The highest BCUT2D eigenvalue weighted by Gasteiger charge is 2.21. The minimum atomic E-state index is -0.391. The molecule has 2 rings (SSSR count). The molecule has 1 aliphatic rings. The second-order valence-corrected chi connectivity index (χ2v) is 5.43. The Hall–Kier alpha value is -1.75. The summed E-state index contributed by atoms with van der Waals surface area (Å²) in [5, 5.41) is 12.5. The number of piperidine rings is 1. The Balaban J connectivity index is 1.87. The average molecular weight is 292 g/mol. The predicted octanol–water partition coefficient (Wildman–Crippen LogP) is 2.06. The molecule has 0 saturated carbocycles. The Kier molecular flexibility index (Phi) is 5.44. The van der Waals surface area contributed by atoms with E-state index in [4.69, 9.17) is 4.74 Å². The van der Waals surface area contributed by atoms with Crippen LogP contribution in [0.3, 0.4) is 0 Å². The number of hydrogen-bond acceptors (Lipinski definition) is 3. The summed E-state index contributed by atoms with van der Waals surface area (Å²) in [5.74, 6) is 0.881. The molecule has 2 amide bonds. The van der Waals surface area contributed by atoms with Crippen molar-refractivity contribution in [2.24, 2.45) is 0 Å². The van der Waals surface area contributed by atoms with Gasteiger partial charge in [-0.1, -0.05) is 12.1 Å². The third-order valence-electron chi connectivity index (χ3n) is 3.67. The highest BCUT2D eigenvalue weighted by molar-refractivity contribution is 5.74. The van der Waals surface area contributed by atoms with E-state index in [1.165, 1.54) is 0 Å². The maximum Gasteiger partial charge on any atom is 0.317 e. The maximum absolute atomic E-state index is 12.1. The van der Waals surface area contributed by atoms with E-state index in [1.54, 1.807) is 4.90 Å². The number of aliphatic hydroxyl groups is 1. The number of nitrogens with zero attached hydrogens (tertiary/aromatic N) is 1. The number of carbonyl (C=O) groups excluding carboxylic acids is 1. The molecule has 0 aromatic heterocycles. The highest BCUT2D eigenvalue weighted by Crippen LogP contribution is 2.19. The largest absolute Gasteiger partial charge is 0.494 e. The summed E-state index contributed by atoms with van der Waals surface area (Å²) in [6.45, 7) is 6.23. The van der Waals surface area contributed by atoms with Crippen molar-refractivity contribution in [2.75, 3.05) is 19.7 Å². The lowest BCUT2D eigenvalue weighted by atomic mass is 10.1. The van der Waals surface area contributed by atoms with Gasteiger partial charge < -0.3 is 20.1 Å². The molecule has 1 aromatic carbocycles. The quantitative estimate of drug-likeness (QED) is 0.893. The highest BCUT2D eigenvalue weighted by atomic mass is 16.5. The number of hydrogen-bond donors (Lipinski definition) is 2. The first-order chi connectivity index (χ1) is 10.1. The number of urea groups is 1. The van der Waals surface area contributed by atoms with Gasteiger partial charge >= 0.3 is 6.03 Å². The van der Waals surface area contributed by atoms with Crippen molar-refractivity contribution < 1.29 is 14.6 Å². The van der Waals surface area contributed by atoms with E-state index in [1.807, 2.05) is 32.0 Å². The van der Waals surface area contributed by atoms with Crippen LogP contribution in [0.4, 0.5) is 4.79 Å². The lowest BCUT2D eigenvalue weighted by Crippen LogP contribution is -2.46. The molecule has 0 spiro atoms. The van der Waals surface area contributed by atoms with Crippen LogP contribution in [0.15, 0.2) is 18.2 Å². The van der Waals surface area contributed by atoms with Crippen molar-refractivity contribution in [3.8, 4) is 5.75 Å². The van der Waals surface area contributed by atoms with Gasteiger partial charge in [0.15, 0.2) is 0 Å². The summed E-state index contributed by atoms with van der Waals surface area (Å²) >= 11 is 0. The molecule has 21 heavy (non-hydrogen) atoms. The molecule has 1 aliphatic heterocycles. The fourth-order valence-corrected chi connectivity index (χ4v) is 2.57. The van der Waals surface area contributed by atoms with Crippen LogP contribution in [0.1, 0.15) is 30.9 Å². The number of aliphatic hydroxyl groups excluding tert-OH is 1. The van der Waals surface area contributed by atoms with Gasteiger partial charge in [-0.2, -0.15) is 0 Å². The fourth-order valence-electron chi connectivity index (χ4n) is 2.57. The smallest absolute Gasteiger partial charge is 0.317 e. The van der Waals surface area contributed by atoms with E-state index < -0.39 is 6.10 Å². The number of β-amino-alcohol motifs (C(OH)–C–C–N with tert-alkyl or cyclic N) is 1. The zero-order valence-corrected chi connectivity index (χ0v) is 12.8. The molecule has 116 valence electrons. The molecule has 0 aliphatic carbocycles. The molecule has 0 bridgehead atoms. The summed E-state index contributed by atoms with van der Waals surface area (Å²) in [6, 6.07) is 5.81. The molecule has 1 saturated heterocycles. The molecule has 1 heterocycles. The number of nitrogens with one attached hydrogen (secondary N) is 1. The number of ether oxygens (including phenoxy) is 1. The van der Waals surface area contributed by atoms with Gasteiger partial charge in [0.1, 0.15) is 5.75 Å². The van der Waals surface area contributed by atoms with E-state index in [0.29, 0.717) is 26.2 Å². The first-order valence-electron chi connectivity index (χ1n) is 7.53. The molecular weight excluding hydrogens is 268 g/mol. The van der Waals surface area contributed by atoms with E-state index in [9.17, 15) is 9.90 Å². The summed E-state index contributed by atoms with van der Waals surface area (Å²) in [4.78, 5) is 13.7. The molecule has 1 unspecified atom stereocenters. The van der Waals surface area contributed by atoms with Crippen LogP contribution < -0.4 is 10.1 Å². The van der Waals surface area contributed by atoms with Crippen LogP contribution in [0.25, 0.3) is 0 Å². The van der Waals surface area contributed by atoms with Crippen molar-refractivity contribution in [3.63, 3.8) is 0 Å². The zero-order valence-electron chi connectivity index (χ0n) is 12.8. The van der Waals surface area contributed by atoms with Crippen molar-refractivity contribution >= 4 is 6.03 Å². The second kappa shape index (κ2) is 7.31. The van der Waals surface area contributed by atoms with Gasteiger partial charge in [-0.3, -0.25) is 0 Å². The summed E-state index contributed by atoms with van der Waals surface area (Å²) in [7, 11) is 0. The number of aryl methyl sites for hydroxylation is 1. The van der Waals surface area contributed by atoms with Crippen LogP contribution in [0.2, 0.25) is 0 Å². The Morgan fingerprint density at radius 2 is 2.33 bits per heavy atom. The van der Waals surface area contributed by atoms with Crippen molar-refractivity contribution in [1.82, 2.24) is 10.2 Å². The summed E-state index contributed by atoms with van der Waals surface area (Å²) in [5.41, 5.74) is 2.11. The molecule has 1 fully saturated rings. The molecule has 5 heteroatoms. The Morgan fingerprint density at radius 1 is 1.52 bits per heavy atom. The van der Waals surface area contributed by atoms with Crippen LogP contribution in [-0.2, 0) is 6.54 Å². The number of amides is 2. The maximum atomic E-state index is 12.1. The number of likely N-dealkylation sites (tertiary alicyclic amines) is 1. The van der Waals surface area contributed by atoms with Crippen molar-refractivity contribution in [2.45, 2.75) is 39.3 Å². The third kappa shape index (κ3) is 4.36. The van der Waals surface area contributed by atoms with Gasteiger partial charge in [-0.05, 0) is 43.9 Å². The predicted molar refractivity (Wildman–Crippen MR) is 81.4 cm³/mol. The molecule has 0 radical (unpaired) electrons. The number of benzene rings is 1. The van der Waals surface area contributed by atoms with Gasteiger partial charge in [-0.15, -0.1) is 0 Å². The van der Waals surface area contributed by atoms with Crippen LogP contribution in [0, 0.1) is 6.92 Å². The normalized spacial score (nSPS) is 18.4. The zero-order chi connectivity index (χ0) is 15.2. The molecule has 1 aromatic rings. The van der Waals surface area contributed by atoms with E-state index in [0.717, 1.165) is 29.7 Å². The monoisotopic (exact) mass is 292 g/mol. The molecule has 5 nitrogen and oxygen atoms in total.